The molecule has 4 atom stereocenters. The third-order valence-corrected chi connectivity index (χ3v) is 6.50. The summed E-state index contributed by atoms with van der Waals surface area (Å²) in [4.78, 5) is 40.1. The predicted octanol–water partition coefficient (Wildman–Crippen LogP) is 2.60. The third-order valence-electron chi connectivity index (χ3n) is 6.12. The molecule has 1 aromatic carbocycles. The first-order valence-electron chi connectivity index (χ1n) is 10.0. The Hall–Kier alpha value is -0.520. The molecule has 182 valence electrons. The van der Waals surface area contributed by atoms with Gasteiger partial charge in [0, 0.05) is 12.1 Å². The molecular weight excluding hydrogens is 508 g/mol. The third kappa shape index (κ3) is 6.54. The number of likely N-dealkylation sites (tertiary alicyclic amines) is 1. The number of nitrogens with one attached hydrogen (secondary N) is 1. The van der Waals surface area contributed by atoms with Crippen molar-refractivity contribution in [2.24, 2.45) is 5.92 Å². The van der Waals surface area contributed by atoms with Crippen LogP contribution < -0.4 is 5.32 Å². The van der Waals surface area contributed by atoms with Crippen LogP contribution in [-0.2, 0) is 14.3 Å². The van der Waals surface area contributed by atoms with Crippen LogP contribution in [0.4, 0.5) is 0 Å². The summed E-state index contributed by atoms with van der Waals surface area (Å²) >= 11 is 6.35. The average molecular weight is 541 g/mol. The zero-order valence-electron chi connectivity index (χ0n) is 17.7. The van der Waals surface area contributed by atoms with E-state index in [4.69, 9.17) is 16.3 Å². The zero-order valence-corrected chi connectivity index (χ0v) is 22.4. The Bertz CT molecular complexity index is 767. The summed E-state index contributed by atoms with van der Waals surface area (Å²) in [5.74, 6) is -0.526. The number of halogens is 1. The summed E-state index contributed by atoms with van der Waals surface area (Å²) in [7, 11) is 0. The fraction of sp³-hybridized carbons (Fsp3) is 0.571. The van der Waals surface area contributed by atoms with Crippen LogP contribution in [0.25, 0.3) is 0 Å². The second-order valence-corrected chi connectivity index (χ2v) is 8.47. The highest BCUT2D eigenvalue weighted by Gasteiger charge is 2.53. The Kier molecular flexibility index (Phi) is 13.8. The topological polar surface area (TPSA) is 75.7 Å². The van der Waals surface area contributed by atoms with Crippen molar-refractivity contribution in [3.63, 3.8) is 0 Å². The fourth-order valence-electron chi connectivity index (χ4n) is 4.67. The van der Waals surface area contributed by atoms with Gasteiger partial charge in [-0.15, -0.1) is 11.6 Å². The minimum Gasteiger partial charge on any atom is -0.366 e. The molecule has 0 spiro atoms. The van der Waals surface area contributed by atoms with E-state index in [1.54, 1.807) is 29.2 Å². The standard InChI is InChI=1S/C21H25ClN2O4.4H2S/c22-15-11-24(18-16(25)12-28-19(15)18)21(27)17(13-7-3-1-4-8-13)23-20(26)14-9-5-2-6-10-14;;;;/h2,5-6,9-10,13,15,17-19H,1,3-4,7-8,11-12H2,(H,23,26);4*1H2/t15-,17-,18+,19+;;;;/m0..../s1. The van der Waals surface area contributed by atoms with E-state index in [-0.39, 0.29) is 90.6 Å². The Morgan fingerprint density at radius 2 is 1.66 bits per heavy atom. The van der Waals surface area contributed by atoms with Gasteiger partial charge in [-0.1, -0.05) is 37.5 Å². The molecule has 0 aromatic heterocycles. The molecule has 0 radical (unpaired) electrons. The van der Waals surface area contributed by atoms with Crippen molar-refractivity contribution in [3.8, 4) is 0 Å². The summed E-state index contributed by atoms with van der Waals surface area (Å²) in [6.07, 6.45) is 4.57. The molecule has 2 heterocycles. The predicted molar refractivity (Wildman–Crippen MR) is 146 cm³/mol. The molecule has 0 bridgehead atoms. The summed E-state index contributed by atoms with van der Waals surface area (Å²) in [5.41, 5.74) is 0.519. The molecule has 1 saturated carbocycles. The highest BCUT2D eigenvalue weighted by atomic mass is 35.5. The van der Waals surface area contributed by atoms with Gasteiger partial charge in [0.2, 0.25) is 5.91 Å². The molecule has 3 fully saturated rings. The SMILES string of the molecule is O=C(N[C@H](C(=O)N1C[C@H](Cl)[C@H]2OCC(=O)[C@H]21)C1CCCCC1)c1ccccc1.S.S.S.S. The summed E-state index contributed by atoms with van der Waals surface area (Å²) in [5, 5.41) is 2.56. The maximum absolute atomic E-state index is 13.5. The minimum absolute atomic E-state index is 0. The largest absolute Gasteiger partial charge is 0.366 e. The molecule has 6 nitrogen and oxygen atoms in total. The number of ether oxygens (including phenoxy) is 1. The van der Waals surface area contributed by atoms with Gasteiger partial charge in [-0.2, -0.15) is 54.0 Å². The van der Waals surface area contributed by atoms with Crippen LogP contribution in [-0.4, -0.2) is 59.2 Å². The molecule has 2 saturated heterocycles. The van der Waals surface area contributed by atoms with Crippen molar-refractivity contribution in [3.05, 3.63) is 35.9 Å². The monoisotopic (exact) mass is 540 g/mol. The lowest BCUT2D eigenvalue weighted by atomic mass is 9.83. The maximum atomic E-state index is 13.5. The van der Waals surface area contributed by atoms with E-state index >= 15 is 0 Å². The number of hydrogen-bond acceptors (Lipinski definition) is 4. The number of carbonyl (C=O) groups excluding carboxylic acids is 3. The normalized spacial score (nSPS) is 25.2. The molecule has 1 N–H and O–H groups in total. The number of nitrogens with zero attached hydrogens (tertiary/aromatic N) is 1. The molecule has 4 rings (SSSR count). The molecule has 2 aliphatic heterocycles. The van der Waals surface area contributed by atoms with Gasteiger partial charge < -0.3 is 15.0 Å². The van der Waals surface area contributed by atoms with E-state index in [1.165, 1.54) is 0 Å². The second-order valence-electron chi connectivity index (χ2n) is 7.91. The van der Waals surface area contributed by atoms with Gasteiger partial charge in [-0.25, -0.2) is 0 Å². The van der Waals surface area contributed by atoms with Gasteiger partial charge >= 0.3 is 0 Å². The number of Topliss-reactive ketones (excluding diaryl/α,β-unsaturated/α-hetero) is 1. The maximum Gasteiger partial charge on any atom is 0.251 e. The van der Waals surface area contributed by atoms with E-state index in [1.807, 2.05) is 6.07 Å². The number of alkyl halides is 1. The van der Waals surface area contributed by atoms with E-state index < -0.39 is 23.6 Å². The van der Waals surface area contributed by atoms with Gasteiger partial charge in [-0.05, 0) is 30.9 Å². The molecule has 2 amide bonds. The molecule has 11 heteroatoms. The Balaban J connectivity index is 0.00000240. The van der Waals surface area contributed by atoms with Crippen molar-refractivity contribution < 1.29 is 19.1 Å². The van der Waals surface area contributed by atoms with Crippen molar-refractivity contribution >= 4 is 83.2 Å². The smallest absolute Gasteiger partial charge is 0.251 e. The minimum atomic E-state index is -0.649. The molecular formula is C21H33ClN2O4S4. The molecule has 1 aliphatic carbocycles. The van der Waals surface area contributed by atoms with Gasteiger partial charge in [-0.3, -0.25) is 14.4 Å². The summed E-state index contributed by atoms with van der Waals surface area (Å²) < 4.78 is 5.49. The number of fused-ring (bicyclic) bond motifs is 1. The van der Waals surface area contributed by atoms with Gasteiger partial charge in [0.05, 0.1) is 5.38 Å². The van der Waals surface area contributed by atoms with Crippen molar-refractivity contribution in [2.45, 2.75) is 55.7 Å². The Morgan fingerprint density at radius 3 is 2.28 bits per heavy atom. The Labute approximate surface area is 222 Å². The number of rotatable bonds is 4. The average Bonchev–Trinajstić information content (AvgIpc) is 3.27. The van der Waals surface area contributed by atoms with Crippen LogP contribution in [0.15, 0.2) is 30.3 Å². The van der Waals surface area contributed by atoms with Gasteiger partial charge in [0.15, 0.2) is 5.78 Å². The first-order chi connectivity index (χ1) is 13.6. The van der Waals surface area contributed by atoms with Crippen LogP contribution in [0, 0.1) is 5.92 Å². The molecule has 0 unspecified atom stereocenters. The number of ketones is 1. The van der Waals surface area contributed by atoms with Gasteiger partial charge in [0.1, 0.15) is 24.8 Å². The van der Waals surface area contributed by atoms with E-state index in [0.717, 1.165) is 32.1 Å². The number of amides is 2. The summed E-state index contributed by atoms with van der Waals surface area (Å²) in [6, 6.07) is 7.61. The highest BCUT2D eigenvalue weighted by molar-refractivity contribution is 7.59. The lowest BCUT2D eigenvalue weighted by Crippen LogP contribution is -2.55. The molecule has 1 aromatic rings. The quantitative estimate of drug-likeness (QED) is 0.596. The highest BCUT2D eigenvalue weighted by Crippen LogP contribution is 2.34. The first-order valence-corrected chi connectivity index (χ1v) is 10.4. The van der Waals surface area contributed by atoms with Crippen LogP contribution in [0.3, 0.4) is 0 Å². The van der Waals surface area contributed by atoms with Crippen LogP contribution >= 0.6 is 65.6 Å². The lowest BCUT2D eigenvalue weighted by Gasteiger charge is -2.34. The van der Waals surface area contributed by atoms with E-state index in [9.17, 15) is 14.4 Å². The van der Waals surface area contributed by atoms with E-state index in [0.29, 0.717) is 5.56 Å². The fourth-order valence-corrected chi connectivity index (χ4v) is 5.02. The van der Waals surface area contributed by atoms with Crippen molar-refractivity contribution in [1.29, 1.82) is 0 Å². The number of benzene rings is 1. The first kappa shape index (κ1) is 31.5. The molecule has 32 heavy (non-hydrogen) atoms. The van der Waals surface area contributed by atoms with E-state index in [2.05, 4.69) is 5.32 Å². The number of carbonyl (C=O) groups is 3. The Morgan fingerprint density at radius 1 is 1.03 bits per heavy atom. The summed E-state index contributed by atoms with van der Waals surface area (Å²) in [6.45, 7) is 0.263. The second kappa shape index (κ2) is 14.0. The van der Waals surface area contributed by atoms with Gasteiger partial charge in [0.25, 0.3) is 5.91 Å². The van der Waals surface area contributed by atoms with Crippen LogP contribution in [0.1, 0.15) is 42.5 Å². The number of hydrogen-bond donors (Lipinski definition) is 1. The van der Waals surface area contributed by atoms with Crippen LogP contribution in [0.5, 0.6) is 0 Å². The zero-order chi connectivity index (χ0) is 19.7. The van der Waals surface area contributed by atoms with Crippen molar-refractivity contribution in [1.82, 2.24) is 10.2 Å². The lowest BCUT2D eigenvalue weighted by molar-refractivity contribution is -0.139. The molecule has 3 aliphatic rings. The van der Waals surface area contributed by atoms with Crippen molar-refractivity contribution in [2.75, 3.05) is 13.2 Å². The van der Waals surface area contributed by atoms with Crippen LogP contribution in [0.2, 0.25) is 0 Å².